The predicted octanol–water partition coefficient (Wildman–Crippen LogP) is 3.11. The van der Waals surface area contributed by atoms with Crippen molar-refractivity contribution in [2.75, 3.05) is 12.4 Å². The van der Waals surface area contributed by atoms with Crippen LogP contribution in [-0.2, 0) is 11.2 Å². The average Bonchev–Trinajstić information content (AvgIpc) is 2.56. The number of ether oxygens (including phenoxy) is 1. The van der Waals surface area contributed by atoms with Gasteiger partial charge in [-0.3, -0.25) is 4.79 Å². The van der Waals surface area contributed by atoms with E-state index in [1.807, 2.05) is 24.3 Å². The molecule has 0 aromatic heterocycles. The van der Waals surface area contributed by atoms with Crippen LogP contribution in [-0.4, -0.2) is 24.2 Å². The van der Waals surface area contributed by atoms with Gasteiger partial charge in [-0.15, -0.1) is 0 Å². The van der Waals surface area contributed by atoms with E-state index in [2.05, 4.69) is 10.6 Å². The third-order valence-corrected chi connectivity index (χ3v) is 3.18. The highest BCUT2D eigenvalue weighted by Crippen LogP contribution is 2.18. The molecule has 2 amide bonds. The number of benzene rings is 2. The van der Waals surface area contributed by atoms with Gasteiger partial charge in [0.25, 0.3) is 0 Å². The number of rotatable bonds is 6. The third-order valence-electron chi connectivity index (χ3n) is 3.18. The number of carboxylic acid groups (broad SMARTS) is 1. The summed E-state index contributed by atoms with van der Waals surface area (Å²) in [4.78, 5) is 22.4. The molecular weight excluding hydrogens is 308 g/mol. The lowest BCUT2D eigenvalue weighted by molar-refractivity contribution is -0.136. The first-order valence-electron chi connectivity index (χ1n) is 7.26. The van der Waals surface area contributed by atoms with Gasteiger partial charge in [0.05, 0.1) is 13.5 Å². The zero-order chi connectivity index (χ0) is 17.4. The number of para-hydroxylation sites is 1. The first-order chi connectivity index (χ1) is 11.6. The van der Waals surface area contributed by atoms with Crippen LogP contribution in [0.15, 0.2) is 54.7 Å². The minimum atomic E-state index is -0.894. The molecule has 0 radical (unpaired) electrons. The fourth-order valence-corrected chi connectivity index (χ4v) is 2.06. The second kappa shape index (κ2) is 8.38. The summed E-state index contributed by atoms with van der Waals surface area (Å²) in [5.41, 5.74) is 2.09. The first-order valence-corrected chi connectivity index (χ1v) is 7.26. The Morgan fingerprint density at radius 1 is 1.12 bits per heavy atom. The molecule has 2 rings (SSSR count). The van der Waals surface area contributed by atoms with Crippen LogP contribution in [0.3, 0.4) is 0 Å². The van der Waals surface area contributed by atoms with Gasteiger partial charge in [0.1, 0.15) is 5.75 Å². The summed E-state index contributed by atoms with van der Waals surface area (Å²) < 4.78 is 5.22. The third kappa shape index (κ3) is 5.17. The first kappa shape index (κ1) is 17.1. The molecule has 24 heavy (non-hydrogen) atoms. The number of carboxylic acids is 1. The average molecular weight is 326 g/mol. The molecule has 0 unspecified atom stereocenters. The van der Waals surface area contributed by atoms with Gasteiger partial charge in [0.2, 0.25) is 0 Å². The van der Waals surface area contributed by atoms with E-state index < -0.39 is 12.0 Å². The summed E-state index contributed by atoms with van der Waals surface area (Å²) in [6, 6.07) is 13.7. The number of nitrogens with one attached hydrogen (secondary N) is 2. The largest absolute Gasteiger partial charge is 0.496 e. The van der Waals surface area contributed by atoms with E-state index >= 15 is 0 Å². The van der Waals surface area contributed by atoms with E-state index in [-0.39, 0.29) is 6.42 Å². The number of carbonyl (C=O) groups is 2. The van der Waals surface area contributed by atoms with Crippen LogP contribution < -0.4 is 15.4 Å². The molecule has 6 nitrogen and oxygen atoms in total. The lowest BCUT2D eigenvalue weighted by atomic mass is 10.1. The highest BCUT2D eigenvalue weighted by Gasteiger charge is 2.03. The number of carbonyl (C=O) groups excluding carboxylic acids is 1. The summed E-state index contributed by atoms with van der Waals surface area (Å²) >= 11 is 0. The second-order valence-corrected chi connectivity index (χ2v) is 4.94. The van der Waals surface area contributed by atoms with E-state index in [1.165, 1.54) is 6.20 Å². The van der Waals surface area contributed by atoms with Crippen molar-refractivity contribution in [1.82, 2.24) is 5.32 Å². The Labute approximate surface area is 139 Å². The van der Waals surface area contributed by atoms with Crippen LogP contribution in [0, 0.1) is 0 Å². The lowest BCUT2D eigenvalue weighted by Gasteiger charge is -2.06. The number of hydrogen-bond donors (Lipinski definition) is 3. The SMILES string of the molecule is COc1ccccc1/C=C/NC(=O)Nc1ccc(CC(=O)O)cc1. The number of aliphatic carboxylic acids is 1. The van der Waals surface area contributed by atoms with Crippen molar-refractivity contribution in [1.29, 1.82) is 0 Å². The zero-order valence-corrected chi connectivity index (χ0v) is 13.2. The Morgan fingerprint density at radius 2 is 1.83 bits per heavy atom. The Balaban J connectivity index is 1.89. The number of urea groups is 1. The molecule has 0 aliphatic rings. The number of amides is 2. The highest BCUT2D eigenvalue weighted by molar-refractivity contribution is 5.90. The standard InChI is InChI=1S/C18H18N2O4/c1-24-16-5-3-2-4-14(16)10-11-19-18(23)20-15-8-6-13(7-9-15)12-17(21)22/h2-11H,12H2,1H3,(H,21,22)(H2,19,20,23)/b11-10+. The fourth-order valence-electron chi connectivity index (χ4n) is 2.06. The Kier molecular flexibility index (Phi) is 5.96. The molecule has 3 N–H and O–H groups in total. The smallest absolute Gasteiger partial charge is 0.323 e. The number of methoxy groups -OCH3 is 1. The van der Waals surface area contributed by atoms with Crippen molar-refractivity contribution in [2.24, 2.45) is 0 Å². The summed E-state index contributed by atoms with van der Waals surface area (Å²) in [6.45, 7) is 0. The van der Waals surface area contributed by atoms with Gasteiger partial charge in [-0.2, -0.15) is 0 Å². The van der Waals surface area contributed by atoms with Crippen LogP contribution in [0.4, 0.5) is 10.5 Å². The summed E-state index contributed by atoms with van der Waals surface area (Å²) in [6.07, 6.45) is 3.20. The van der Waals surface area contributed by atoms with E-state index in [9.17, 15) is 9.59 Å². The van der Waals surface area contributed by atoms with Crippen LogP contribution in [0.5, 0.6) is 5.75 Å². The van der Waals surface area contributed by atoms with Crippen LogP contribution in [0.25, 0.3) is 6.08 Å². The molecule has 124 valence electrons. The van der Waals surface area contributed by atoms with E-state index in [4.69, 9.17) is 9.84 Å². The molecule has 0 aliphatic carbocycles. The summed E-state index contributed by atoms with van der Waals surface area (Å²) in [7, 11) is 1.58. The molecule has 0 heterocycles. The fraction of sp³-hybridized carbons (Fsp3) is 0.111. The van der Waals surface area contributed by atoms with E-state index in [1.54, 1.807) is 37.5 Å². The zero-order valence-electron chi connectivity index (χ0n) is 13.2. The van der Waals surface area contributed by atoms with Crippen LogP contribution in [0.2, 0.25) is 0 Å². The second-order valence-electron chi connectivity index (χ2n) is 4.94. The minimum absolute atomic E-state index is 0.0475. The van der Waals surface area contributed by atoms with Crippen molar-refractivity contribution >= 4 is 23.8 Å². The van der Waals surface area contributed by atoms with Crippen molar-refractivity contribution in [2.45, 2.75) is 6.42 Å². The lowest BCUT2D eigenvalue weighted by Crippen LogP contribution is -2.23. The van der Waals surface area contributed by atoms with Crippen LogP contribution >= 0.6 is 0 Å². The quantitative estimate of drug-likeness (QED) is 0.761. The molecule has 2 aromatic rings. The number of hydrogen-bond acceptors (Lipinski definition) is 3. The van der Waals surface area contributed by atoms with Crippen molar-refractivity contribution in [3.05, 3.63) is 65.9 Å². The molecule has 6 heteroatoms. The molecule has 0 saturated carbocycles. The molecule has 0 spiro atoms. The van der Waals surface area contributed by atoms with Gasteiger partial charge in [-0.05, 0) is 29.8 Å². The summed E-state index contributed by atoms with van der Waals surface area (Å²) in [5.74, 6) is -0.181. The van der Waals surface area contributed by atoms with E-state index in [0.29, 0.717) is 17.0 Å². The Hall–Kier alpha value is -3.28. The maximum atomic E-state index is 11.8. The molecule has 0 bridgehead atoms. The molecule has 2 aromatic carbocycles. The van der Waals surface area contributed by atoms with Crippen molar-refractivity contribution in [3.8, 4) is 5.75 Å². The molecule has 0 aliphatic heterocycles. The van der Waals surface area contributed by atoms with Crippen molar-refractivity contribution < 1.29 is 19.4 Å². The van der Waals surface area contributed by atoms with Gasteiger partial charge >= 0.3 is 12.0 Å². The molecular formula is C18H18N2O4. The highest BCUT2D eigenvalue weighted by atomic mass is 16.5. The van der Waals surface area contributed by atoms with Gasteiger partial charge in [-0.1, -0.05) is 30.3 Å². The Morgan fingerprint density at radius 3 is 2.50 bits per heavy atom. The van der Waals surface area contributed by atoms with Gasteiger partial charge in [0, 0.05) is 17.5 Å². The number of anilines is 1. The monoisotopic (exact) mass is 326 g/mol. The molecule has 0 saturated heterocycles. The van der Waals surface area contributed by atoms with E-state index in [0.717, 1.165) is 5.56 Å². The predicted molar refractivity (Wildman–Crippen MR) is 92.0 cm³/mol. The molecule has 0 fully saturated rings. The maximum Gasteiger partial charge on any atom is 0.323 e. The normalized spacial score (nSPS) is 10.4. The topological polar surface area (TPSA) is 87.7 Å². The van der Waals surface area contributed by atoms with Gasteiger partial charge < -0.3 is 20.5 Å². The summed E-state index contributed by atoms with van der Waals surface area (Å²) in [5, 5.41) is 14.0. The Bertz CT molecular complexity index is 739. The molecule has 0 atom stereocenters. The van der Waals surface area contributed by atoms with Gasteiger partial charge in [0.15, 0.2) is 0 Å². The van der Waals surface area contributed by atoms with Crippen molar-refractivity contribution in [3.63, 3.8) is 0 Å². The van der Waals surface area contributed by atoms with Crippen LogP contribution in [0.1, 0.15) is 11.1 Å². The minimum Gasteiger partial charge on any atom is -0.496 e. The van der Waals surface area contributed by atoms with Gasteiger partial charge in [-0.25, -0.2) is 4.79 Å². The maximum absolute atomic E-state index is 11.8.